The molecule has 0 aliphatic carbocycles. The lowest BCUT2D eigenvalue weighted by molar-refractivity contribution is 0.0990. The van der Waals surface area contributed by atoms with Gasteiger partial charge in [0.05, 0.1) is 6.61 Å². The average molecular weight is 237 g/mol. The Morgan fingerprint density at radius 3 is 2.41 bits per heavy atom. The summed E-state index contributed by atoms with van der Waals surface area (Å²) >= 11 is 0. The molecule has 1 aromatic rings. The molecule has 0 aliphatic rings. The van der Waals surface area contributed by atoms with Crippen LogP contribution < -0.4 is 10.5 Å². The molecule has 1 rings (SSSR count). The maximum atomic E-state index is 5.77. The lowest BCUT2D eigenvalue weighted by Crippen LogP contribution is -2.11. The molecule has 0 aromatic heterocycles. The molecule has 96 valence electrons. The standard InChI is InChI=1S/C14H23NO2/c1-11-5-6-12(2)14(13(11)3)17-10-9-16-8-4-7-15/h5-6H,4,7-10,15H2,1-3H3. The second kappa shape index (κ2) is 7.30. The van der Waals surface area contributed by atoms with Crippen molar-refractivity contribution in [2.24, 2.45) is 5.73 Å². The van der Waals surface area contributed by atoms with Crippen LogP contribution in [0.25, 0.3) is 0 Å². The van der Waals surface area contributed by atoms with Gasteiger partial charge in [-0.25, -0.2) is 0 Å². The van der Waals surface area contributed by atoms with Gasteiger partial charge in [0.2, 0.25) is 0 Å². The van der Waals surface area contributed by atoms with Crippen LogP contribution in [0.3, 0.4) is 0 Å². The van der Waals surface area contributed by atoms with E-state index in [2.05, 4.69) is 32.9 Å². The van der Waals surface area contributed by atoms with E-state index in [1.807, 2.05) is 0 Å². The van der Waals surface area contributed by atoms with Crippen LogP contribution in [0.2, 0.25) is 0 Å². The third-order valence-electron chi connectivity index (χ3n) is 2.84. The first kappa shape index (κ1) is 14.0. The molecule has 2 N–H and O–H groups in total. The van der Waals surface area contributed by atoms with Crippen molar-refractivity contribution in [2.45, 2.75) is 27.2 Å². The van der Waals surface area contributed by atoms with Gasteiger partial charge in [0.25, 0.3) is 0 Å². The van der Waals surface area contributed by atoms with Gasteiger partial charge in [-0.05, 0) is 50.4 Å². The molecular weight excluding hydrogens is 214 g/mol. The topological polar surface area (TPSA) is 44.5 Å². The van der Waals surface area contributed by atoms with Crippen LogP contribution in [-0.4, -0.2) is 26.4 Å². The van der Waals surface area contributed by atoms with E-state index in [1.165, 1.54) is 16.7 Å². The van der Waals surface area contributed by atoms with Gasteiger partial charge in [-0.3, -0.25) is 0 Å². The highest BCUT2D eigenvalue weighted by molar-refractivity contribution is 5.44. The molecule has 1 aromatic carbocycles. The van der Waals surface area contributed by atoms with Gasteiger partial charge in [0, 0.05) is 6.61 Å². The third kappa shape index (κ3) is 4.36. The van der Waals surface area contributed by atoms with E-state index in [1.54, 1.807) is 0 Å². The maximum absolute atomic E-state index is 5.77. The van der Waals surface area contributed by atoms with Crippen molar-refractivity contribution in [3.8, 4) is 5.75 Å². The molecule has 0 spiro atoms. The second-order valence-corrected chi connectivity index (χ2v) is 4.26. The van der Waals surface area contributed by atoms with Crippen LogP contribution in [0.1, 0.15) is 23.1 Å². The Morgan fingerprint density at radius 1 is 1.00 bits per heavy atom. The minimum Gasteiger partial charge on any atom is -0.491 e. The molecule has 0 fully saturated rings. The summed E-state index contributed by atoms with van der Waals surface area (Å²) in [5.41, 5.74) is 9.03. The first-order valence-corrected chi connectivity index (χ1v) is 6.14. The quantitative estimate of drug-likeness (QED) is 0.740. The Balaban J connectivity index is 2.39. The molecule has 3 nitrogen and oxygen atoms in total. The Labute approximate surface area is 104 Å². The van der Waals surface area contributed by atoms with Gasteiger partial charge in [0.1, 0.15) is 12.4 Å². The average Bonchev–Trinajstić information content (AvgIpc) is 2.32. The van der Waals surface area contributed by atoms with E-state index in [4.69, 9.17) is 15.2 Å². The minimum absolute atomic E-state index is 0.593. The highest BCUT2D eigenvalue weighted by atomic mass is 16.5. The number of rotatable bonds is 7. The van der Waals surface area contributed by atoms with Gasteiger partial charge in [-0.2, -0.15) is 0 Å². The zero-order valence-corrected chi connectivity index (χ0v) is 11.1. The molecule has 0 radical (unpaired) electrons. The molecule has 3 heteroatoms. The monoisotopic (exact) mass is 237 g/mol. The lowest BCUT2D eigenvalue weighted by atomic mass is 10.1. The van der Waals surface area contributed by atoms with E-state index in [-0.39, 0.29) is 0 Å². The number of hydrogen-bond acceptors (Lipinski definition) is 3. The van der Waals surface area contributed by atoms with Gasteiger partial charge < -0.3 is 15.2 Å². The zero-order chi connectivity index (χ0) is 12.7. The summed E-state index contributed by atoms with van der Waals surface area (Å²) in [7, 11) is 0. The van der Waals surface area contributed by atoms with Gasteiger partial charge in [-0.15, -0.1) is 0 Å². The number of benzene rings is 1. The van der Waals surface area contributed by atoms with E-state index < -0.39 is 0 Å². The fraction of sp³-hybridized carbons (Fsp3) is 0.571. The normalized spacial score (nSPS) is 10.6. The smallest absolute Gasteiger partial charge is 0.125 e. The summed E-state index contributed by atoms with van der Waals surface area (Å²) < 4.78 is 11.2. The number of aryl methyl sites for hydroxylation is 2. The van der Waals surface area contributed by atoms with Crippen molar-refractivity contribution in [1.82, 2.24) is 0 Å². The lowest BCUT2D eigenvalue weighted by Gasteiger charge is -2.14. The van der Waals surface area contributed by atoms with Gasteiger partial charge in [0.15, 0.2) is 0 Å². The Morgan fingerprint density at radius 2 is 1.71 bits per heavy atom. The Kier molecular flexibility index (Phi) is 6.01. The number of hydrogen-bond donors (Lipinski definition) is 1. The summed E-state index contributed by atoms with van der Waals surface area (Å²) in [6.45, 7) is 8.86. The molecule has 0 saturated carbocycles. The highest BCUT2D eigenvalue weighted by Gasteiger charge is 2.05. The van der Waals surface area contributed by atoms with Crippen molar-refractivity contribution in [1.29, 1.82) is 0 Å². The number of ether oxygens (including phenoxy) is 2. The summed E-state index contributed by atoms with van der Waals surface area (Å²) in [5, 5.41) is 0. The highest BCUT2D eigenvalue weighted by Crippen LogP contribution is 2.25. The fourth-order valence-electron chi connectivity index (χ4n) is 1.64. The SMILES string of the molecule is Cc1ccc(C)c(OCCOCCCN)c1C. The zero-order valence-electron chi connectivity index (χ0n) is 11.1. The van der Waals surface area contributed by atoms with Crippen LogP contribution in [0.4, 0.5) is 0 Å². The molecular formula is C14H23NO2. The summed E-state index contributed by atoms with van der Waals surface area (Å²) in [4.78, 5) is 0. The van der Waals surface area contributed by atoms with E-state index in [0.717, 1.165) is 12.2 Å². The molecule has 0 heterocycles. The van der Waals surface area contributed by atoms with Crippen molar-refractivity contribution in [3.05, 3.63) is 28.8 Å². The summed E-state index contributed by atoms with van der Waals surface area (Å²) in [6.07, 6.45) is 0.905. The third-order valence-corrected chi connectivity index (χ3v) is 2.84. The van der Waals surface area contributed by atoms with Crippen molar-refractivity contribution < 1.29 is 9.47 Å². The van der Waals surface area contributed by atoms with Crippen LogP contribution >= 0.6 is 0 Å². The Hall–Kier alpha value is -1.06. The summed E-state index contributed by atoms with van der Waals surface area (Å²) in [5.74, 6) is 0.993. The second-order valence-electron chi connectivity index (χ2n) is 4.26. The van der Waals surface area contributed by atoms with E-state index in [9.17, 15) is 0 Å². The molecule has 0 bridgehead atoms. The molecule has 0 saturated heterocycles. The van der Waals surface area contributed by atoms with Crippen molar-refractivity contribution >= 4 is 0 Å². The molecule has 17 heavy (non-hydrogen) atoms. The maximum Gasteiger partial charge on any atom is 0.125 e. The largest absolute Gasteiger partial charge is 0.491 e. The molecule has 0 unspecified atom stereocenters. The minimum atomic E-state index is 0.593. The van der Waals surface area contributed by atoms with E-state index in [0.29, 0.717) is 26.4 Å². The van der Waals surface area contributed by atoms with E-state index >= 15 is 0 Å². The summed E-state index contributed by atoms with van der Waals surface area (Å²) in [6, 6.07) is 4.21. The van der Waals surface area contributed by atoms with Crippen LogP contribution in [0.5, 0.6) is 5.75 Å². The van der Waals surface area contributed by atoms with Crippen LogP contribution in [-0.2, 0) is 4.74 Å². The molecule has 0 amide bonds. The predicted octanol–water partition coefficient (Wildman–Crippen LogP) is 2.36. The molecule has 0 atom stereocenters. The molecule has 0 aliphatic heterocycles. The first-order chi connectivity index (χ1) is 8.16. The Bertz CT molecular complexity index is 350. The van der Waals surface area contributed by atoms with Gasteiger partial charge >= 0.3 is 0 Å². The first-order valence-electron chi connectivity index (χ1n) is 6.14. The predicted molar refractivity (Wildman–Crippen MR) is 70.6 cm³/mol. The number of nitrogens with two attached hydrogens (primary N) is 1. The van der Waals surface area contributed by atoms with Crippen LogP contribution in [0.15, 0.2) is 12.1 Å². The fourth-order valence-corrected chi connectivity index (χ4v) is 1.64. The van der Waals surface area contributed by atoms with Crippen molar-refractivity contribution in [3.63, 3.8) is 0 Å². The van der Waals surface area contributed by atoms with Crippen LogP contribution in [0, 0.1) is 20.8 Å². The van der Waals surface area contributed by atoms with Crippen molar-refractivity contribution in [2.75, 3.05) is 26.4 Å². The van der Waals surface area contributed by atoms with Gasteiger partial charge in [-0.1, -0.05) is 12.1 Å².